The molecule has 9 heteroatoms. The van der Waals surface area contributed by atoms with E-state index in [2.05, 4.69) is 25.9 Å². The van der Waals surface area contributed by atoms with E-state index in [0.29, 0.717) is 29.6 Å². The van der Waals surface area contributed by atoms with Crippen LogP contribution < -0.4 is 19.5 Å². The van der Waals surface area contributed by atoms with Gasteiger partial charge in [0.1, 0.15) is 19.0 Å². The number of aromatic nitrogens is 4. The van der Waals surface area contributed by atoms with Crippen LogP contribution in [0.1, 0.15) is 24.4 Å². The SMILES string of the molecule is C/C=C/COc1ccc(C=CC(=O)Nc2cccc3c2OC(c2nnn[nH]2)CO3)cc1. The standard InChI is InChI=1S/C22H21N5O4/c1-2-3-13-29-16-10-7-15(8-11-16)9-12-20(28)23-17-5-4-6-18-21(17)31-19(14-30-18)22-24-26-27-25-22/h2-12,19H,13-14H2,1H3,(H,23,28)(H,24,25,26,27)/b3-2+,12-9?. The van der Waals surface area contributed by atoms with Crippen LogP contribution in [0.15, 0.2) is 60.7 Å². The molecule has 0 saturated carbocycles. The van der Waals surface area contributed by atoms with Gasteiger partial charge in [0.15, 0.2) is 23.4 Å². The highest BCUT2D eigenvalue weighted by Gasteiger charge is 2.27. The molecule has 1 atom stereocenters. The van der Waals surface area contributed by atoms with Gasteiger partial charge in [0.25, 0.3) is 0 Å². The third-order valence-electron chi connectivity index (χ3n) is 4.44. The molecule has 0 bridgehead atoms. The number of para-hydroxylation sites is 1. The second kappa shape index (κ2) is 9.57. The number of aromatic amines is 1. The Kier molecular flexibility index (Phi) is 6.22. The Morgan fingerprint density at radius 1 is 1.29 bits per heavy atom. The average Bonchev–Trinajstić information content (AvgIpc) is 3.34. The van der Waals surface area contributed by atoms with Gasteiger partial charge >= 0.3 is 0 Å². The topological polar surface area (TPSA) is 111 Å². The molecule has 0 spiro atoms. The van der Waals surface area contributed by atoms with E-state index in [4.69, 9.17) is 14.2 Å². The number of anilines is 1. The van der Waals surface area contributed by atoms with Gasteiger partial charge in [-0.1, -0.05) is 30.4 Å². The summed E-state index contributed by atoms with van der Waals surface area (Å²) in [7, 11) is 0. The summed E-state index contributed by atoms with van der Waals surface area (Å²) in [5.41, 5.74) is 1.37. The lowest BCUT2D eigenvalue weighted by atomic mass is 10.2. The van der Waals surface area contributed by atoms with Crippen molar-refractivity contribution in [1.82, 2.24) is 20.6 Å². The number of nitrogens with one attached hydrogen (secondary N) is 2. The molecular formula is C22H21N5O4. The van der Waals surface area contributed by atoms with E-state index >= 15 is 0 Å². The fourth-order valence-corrected chi connectivity index (χ4v) is 2.89. The molecular weight excluding hydrogens is 398 g/mol. The van der Waals surface area contributed by atoms with Crippen molar-refractivity contribution in [2.45, 2.75) is 13.0 Å². The van der Waals surface area contributed by atoms with Crippen LogP contribution in [0.2, 0.25) is 0 Å². The molecule has 1 aliphatic rings. The van der Waals surface area contributed by atoms with Crippen molar-refractivity contribution in [3.63, 3.8) is 0 Å². The summed E-state index contributed by atoms with van der Waals surface area (Å²) < 4.78 is 17.3. The number of rotatable bonds is 7. The zero-order valence-electron chi connectivity index (χ0n) is 16.8. The molecule has 0 aliphatic carbocycles. The van der Waals surface area contributed by atoms with Crippen molar-refractivity contribution in [2.24, 2.45) is 0 Å². The summed E-state index contributed by atoms with van der Waals surface area (Å²) in [5.74, 6) is 1.89. The number of benzene rings is 2. The molecule has 9 nitrogen and oxygen atoms in total. The van der Waals surface area contributed by atoms with Crippen LogP contribution in [0.4, 0.5) is 5.69 Å². The van der Waals surface area contributed by atoms with Crippen molar-refractivity contribution < 1.29 is 19.0 Å². The van der Waals surface area contributed by atoms with Crippen LogP contribution in [0.3, 0.4) is 0 Å². The predicted molar refractivity (Wildman–Crippen MR) is 114 cm³/mol. The minimum atomic E-state index is -0.496. The molecule has 31 heavy (non-hydrogen) atoms. The monoisotopic (exact) mass is 419 g/mol. The van der Waals surface area contributed by atoms with E-state index in [9.17, 15) is 4.79 Å². The molecule has 1 aliphatic heterocycles. The molecule has 158 valence electrons. The van der Waals surface area contributed by atoms with Gasteiger partial charge < -0.3 is 19.5 Å². The molecule has 2 N–H and O–H groups in total. The number of fused-ring (bicyclic) bond motifs is 1. The zero-order chi connectivity index (χ0) is 21.5. The number of H-pyrrole nitrogens is 1. The van der Waals surface area contributed by atoms with Crippen molar-refractivity contribution >= 4 is 17.7 Å². The second-order valence-electron chi connectivity index (χ2n) is 6.61. The van der Waals surface area contributed by atoms with Gasteiger partial charge in [0.05, 0.1) is 5.69 Å². The van der Waals surface area contributed by atoms with Gasteiger partial charge in [0, 0.05) is 6.08 Å². The number of ether oxygens (including phenoxy) is 3. The fourth-order valence-electron chi connectivity index (χ4n) is 2.89. The fraction of sp³-hybridized carbons (Fsp3) is 0.182. The Balaban J connectivity index is 1.40. The summed E-state index contributed by atoms with van der Waals surface area (Å²) in [6, 6.07) is 12.8. The number of hydrogen-bond donors (Lipinski definition) is 2. The highest BCUT2D eigenvalue weighted by molar-refractivity contribution is 6.03. The number of carbonyl (C=O) groups excluding carboxylic acids is 1. The normalized spacial score (nSPS) is 15.3. The minimum Gasteiger partial charge on any atom is -0.490 e. The number of allylic oxidation sites excluding steroid dienone is 1. The second-order valence-corrected chi connectivity index (χ2v) is 6.61. The molecule has 0 radical (unpaired) electrons. The van der Waals surface area contributed by atoms with Crippen molar-refractivity contribution in [2.75, 3.05) is 18.5 Å². The van der Waals surface area contributed by atoms with Crippen LogP contribution in [0, 0.1) is 0 Å². The first kappa shape index (κ1) is 20.1. The highest BCUT2D eigenvalue weighted by atomic mass is 16.6. The molecule has 1 unspecified atom stereocenters. The van der Waals surface area contributed by atoms with Gasteiger partial charge in [-0.05, 0) is 53.3 Å². The quantitative estimate of drug-likeness (QED) is 0.446. The maximum absolute atomic E-state index is 12.5. The largest absolute Gasteiger partial charge is 0.490 e. The van der Waals surface area contributed by atoms with Crippen molar-refractivity contribution in [3.05, 3.63) is 72.1 Å². The lowest BCUT2D eigenvalue weighted by Crippen LogP contribution is -2.24. The Morgan fingerprint density at radius 2 is 2.16 bits per heavy atom. The Morgan fingerprint density at radius 3 is 2.94 bits per heavy atom. The predicted octanol–water partition coefficient (Wildman–Crippen LogP) is 3.32. The first-order valence-electron chi connectivity index (χ1n) is 9.72. The Bertz CT molecular complexity index is 1080. The summed E-state index contributed by atoms with van der Waals surface area (Å²) >= 11 is 0. The highest BCUT2D eigenvalue weighted by Crippen LogP contribution is 2.41. The summed E-state index contributed by atoms with van der Waals surface area (Å²) in [6.07, 6.45) is 6.55. The number of tetrazole rings is 1. The van der Waals surface area contributed by atoms with E-state index in [1.165, 1.54) is 6.08 Å². The van der Waals surface area contributed by atoms with Crippen molar-refractivity contribution in [3.8, 4) is 17.2 Å². The summed E-state index contributed by atoms with van der Waals surface area (Å²) in [5, 5.41) is 16.5. The van der Waals surface area contributed by atoms with E-state index in [1.54, 1.807) is 24.3 Å². The smallest absolute Gasteiger partial charge is 0.248 e. The first-order chi connectivity index (χ1) is 15.2. The first-order valence-corrected chi connectivity index (χ1v) is 9.72. The van der Waals surface area contributed by atoms with Gasteiger partial charge in [-0.3, -0.25) is 4.79 Å². The number of carbonyl (C=O) groups is 1. The van der Waals surface area contributed by atoms with Gasteiger partial charge in [-0.2, -0.15) is 0 Å². The average molecular weight is 419 g/mol. The maximum Gasteiger partial charge on any atom is 0.248 e. The van der Waals surface area contributed by atoms with Gasteiger partial charge in [0.2, 0.25) is 5.91 Å². The lowest BCUT2D eigenvalue weighted by molar-refractivity contribution is -0.111. The van der Waals surface area contributed by atoms with E-state index < -0.39 is 6.10 Å². The van der Waals surface area contributed by atoms with E-state index in [-0.39, 0.29) is 12.5 Å². The third kappa shape index (κ3) is 5.08. The van der Waals surface area contributed by atoms with E-state index in [0.717, 1.165) is 11.3 Å². The lowest BCUT2D eigenvalue weighted by Gasteiger charge is -2.26. The van der Waals surface area contributed by atoms with E-state index in [1.807, 2.05) is 43.3 Å². The maximum atomic E-state index is 12.5. The van der Waals surface area contributed by atoms with Gasteiger partial charge in [-0.15, -0.1) is 5.10 Å². The van der Waals surface area contributed by atoms with Crippen LogP contribution in [0.5, 0.6) is 17.2 Å². The summed E-state index contributed by atoms with van der Waals surface area (Å²) in [4.78, 5) is 12.5. The van der Waals surface area contributed by atoms with Crippen molar-refractivity contribution in [1.29, 1.82) is 0 Å². The molecule has 1 amide bonds. The van der Waals surface area contributed by atoms with Gasteiger partial charge in [-0.25, -0.2) is 5.10 Å². The summed E-state index contributed by atoms with van der Waals surface area (Å²) in [6.45, 7) is 2.73. The minimum absolute atomic E-state index is 0.260. The molecule has 1 aromatic heterocycles. The van der Waals surface area contributed by atoms with Crippen LogP contribution >= 0.6 is 0 Å². The molecule has 2 heterocycles. The number of nitrogens with zero attached hydrogens (tertiary/aromatic N) is 3. The van der Waals surface area contributed by atoms with Crippen LogP contribution in [0.25, 0.3) is 6.08 Å². The van der Waals surface area contributed by atoms with Crippen LogP contribution in [-0.2, 0) is 4.79 Å². The molecule has 0 saturated heterocycles. The molecule has 3 aromatic rings. The van der Waals surface area contributed by atoms with Crippen LogP contribution in [-0.4, -0.2) is 39.7 Å². The number of hydrogen-bond acceptors (Lipinski definition) is 7. The number of amides is 1. The molecule has 4 rings (SSSR count). The zero-order valence-corrected chi connectivity index (χ0v) is 16.8. The molecule has 2 aromatic carbocycles. The Hall–Kier alpha value is -4.14. The Labute approximate surface area is 178 Å². The molecule has 0 fully saturated rings. The third-order valence-corrected chi connectivity index (χ3v) is 4.44.